The molecular formula is C13H17N3O2S2. The maximum absolute atomic E-state index is 12.4. The van der Waals surface area contributed by atoms with E-state index < -0.39 is 6.04 Å². The normalized spacial score (nSPS) is 26.8. The fraction of sp³-hybridized carbons (Fsp3) is 0.538. The molecular weight excluding hydrogens is 294 g/mol. The standard InChI is InChI=1S/C13H17N3O2S2/c17-12(9-8-14-13(18)15-9)16-4-3-11(20-7-5-16)10-2-1-6-19-10/h1-2,6,9,11H,3-5,7-8H2,(H2,14,15,18). The average molecular weight is 311 g/mol. The maximum Gasteiger partial charge on any atom is 0.315 e. The van der Waals surface area contributed by atoms with Crippen LogP contribution in [0.1, 0.15) is 16.5 Å². The van der Waals surface area contributed by atoms with Crippen LogP contribution in [0.4, 0.5) is 4.79 Å². The zero-order chi connectivity index (χ0) is 13.9. The van der Waals surface area contributed by atoms with Gasteiger partial charge in [-0.2, -0.15) is 11.8 Å². The third-order valence-electron chi connectivity index (χ3n) is 3.58. The van der Waals surface area contributed by atoms with Crippen molar-refractivity contribution in [3.63, 3.8) is 0 Å². The number of thioether (sulfide) groups is 1. The largest absolute Gasteiger partial charge is 0.340 e. The summed E-state index contributed by atoms with van der Waals surface area (Å²) in [6.07, 6.45) is 0.977. The monoisotopic (exact) mass is 311 g/mol. The first-order chi connectivity index (χ1) is 9.74. The second-order valence-corrected chi connectivity index (χ2v) is 7.19. The van der Waals surface area contributed by atoms with Crippen LogP contribution in [0.2, 0.25) is 0 Å². The van der Waals surface area contributed by atoms with Crippen molar-refractivity contribution in [2.24, 2.45) is 0 Å². The van der Waals surface area contributed by atoms with Crippen molar-refractivity contribution in [1.29, 1.82) is 0 Å². The van der Waals surface area contributed by atoms with E-state index in [1.807, 2.05) is 16.7 Å². The molecule has 2 aliphatic heterocycles. The number of thiophene rings is 1. The van der Waals surface area contributed by atoms with Crippen LogP contribution in [0.5, 0.6) is 0 Å². The SMILES string of the molecule is O=C1NCC(C(=O)N2CCSC(c3cccs3)CC2)N1. The number of hydrogen-bond acceptors (Lipinski definition) is 4. The molecule has 3 rings (SSSR count). The zero-order valence-corrected chi connectivity index (χ0v) is 12.6. The Morgan fingerprint density at radius 1 is 1.40 bits per heavy atom. The van der Waals surface area contributed by atoms with Crippen LogP contribution in [0.3, 0.4) is 0 Å². The third kappa shape index (κ3) is 2.93. The van der Waals surface area contributed by atoms with Gasteiger partial charge in [0.15, 0.2) is 0 Å². The molecule has 3 heterocycles. The summed E-state index contributed by atoms with van der Waals surface area (Å²) in [5.41, 5.74) is 0. The third-order valence-corrected chi connectivity index (χ3v) is 6.03. The molecule has 7 heteroatoms. The van der Waals surface area contributed by atoms with Crippen LogP contribution >= 0.6 is 23.1 Å². The second-order valence-electron chi connectivity index (χ2n) is 4.90. The quantitative estimate of drug-likeness (QED) is 0.869. The van der Waals surface area contributed by atoms with Gasteiger partial charge in [-0.3, -0.25) is 4.79 Å². The minimum Gasteiger partial charge on any atom is -0.340 e. The summed E-state index contributed by atoms with van der Waals surface area (Å²) in [4.78, 5) is 26.8. The van der Waals surface area contributed by atoms with Crippen LogP contribution in [-0.2, 0) is 4.79 Å². The first-order valence-electron chi connectivity index (χ1n) is 6.72. The Balaban J connectivity index is 1.59. The lowest BCUT2D eigenvalue weighted by molar-refractivity contribution is -0.132. The number of hydrogen-bond donors (Lipinski definition) is 2. The number of nitrogens with zero attached hydrogens (tertiary/aromatic N) is 1. The highest BCUT2D eigenvalue weighted by atomic mass is 32.2. The topological polar surface area (TPSA) is 61.4 Å². The smallest absolute Gasteiger partial charge is 0.315 e. The van der Waals surface area contributed by atoms with Gasteiger partial charge in [0, 0.05) is 35.5 Å². The van der Waals surface area contributed by atoms with Crippen molar-refractivity contribution in [1.82, 2.24) is 15.5 Å². The summed E-state index contributed by atoms with van der Waals surface area (Å²) in [5.74, 6) is 0.985. The minimum atomic E-state index is -0.397. The van der Waals surface area contributed by atoms with Gasteiger partial charge in [-0.25, -0.2) is 4.79 Å². The fourth-order valence-electron chi connectivity index (χ4n) is 2.52. The molecule has 5 nitrogen and oxygen atoms in total. The Morgan fingerprint density at radius 3 is 3.00 bits per heavy atom. The van der Waals surface area contributed by atoms with Crippen LogP contribution in [0.25, 0.3) is 0 Å². The van der Waals surface area contributed by atoms with Gasteiger partial charge in [0.25, 0.3) is 0 Å². The molecule has 0 aliphatic carbocycles. The van der Waals surface area contributed by atoms with E-state index in [1.165, 1.54) is 4.88 Å². The summed E-state index contributed by atoms with van der Waals surface area (Å²) in [7, 11) is 0. The number of nitrogens with one attached hydrogen (secondary N) is 2. The van der Waals surface area contributed by atoms with Crippen molar-refractivity contribution in [3.8, 4) is 0 Å². The predicted octanol–water partition coefficient (Wildman–Crippen LogP) is 1.44. The summed E-state index contributed by atoms with van der Waals surface area (Å²) in [6, 6.07) is 3.60. The molecule has 0 saturated carbocycles. The van der Waals surface area contributed by atoms with Crippen molar-refractivity contribution < 1.29 is 9.59 Å². The Bertz CT molecular complexity index is 492. The molecule has 2 saturated heterocycles. The molecule has 2 aliphatic rings. The molecule has 2 fully saturated rings. The molecule has 1 aromatic rings. The molecule has 2 atom stereocenters. The highest BCUT2D eigenvalue weighted by molar-refractivity contribution is 7.99. The lowest BCUT2D eigenvalue weighted by atomic mass is 10.2. The lowest BCUT2D eigenvalue weighted by Gasteiger charge is -2.23. The van der Waals surface area contributed by atoms with Crippen molar-refractivity contribution in [3.05, 3.63) is 22.4 Å². The fourth-order valence-corrected chi connectivity index (χ4v) is 4.75. The van der Waals surface area contributed by atoms with Gasteiger partial charge in [-0.15, -0.1) is 11.3 Å². The van der Waals surface area contributed by atoms with E-state index >= 15 is 0 Å². The number of carbonyl (C=O) groups excluding carboxylic acids is 2. The molecule has 2 unspecified atom stereocenters. The van der Waals surface area contributed by atoms with Gasteiger partial charge in [-0.05, 0) is 17.9 Å². The highest BCUT2D eigenvalue weighted by Gasteiger charge is 2.31. The Morgan fingerprint density at radius 2 is 2.30 bits per heavy atom. The zero-order valence-electron chi connectivity index (χ0n) is 11.0. The Hall–Kier alpha value is -1.21. The minimum absolute atomic E-state index is 0.0378. The first kappa shape index (κ1) is 13.8. The van der Waals surface area contributed by atoms with Crippen LogP contribution in [0.15, 0.2) is 17.5 Å². The average Bonchev–Trinajstić information content (AvgIpc) is 3.05. The van der Waals surface area contributed by atoms with Gasteiger partial charge in [-0.1, -0.05) is 6.07 Å². The van der Waals surface area contributed by atoms with E-state index in [2.05, 4.69) is 28.1 Å². The molecule has 0 bridgehead atoms. The highest BCUT2D eigenvalue weighted by Crippen LogP contribution is 2.36. The van der Waals surface area contributed by atoms with E-state index in [1.54, 1.807) is 11.3 Å². The molecule has 1 aromatic heterocycles. The molecule has 108 valence electrons. The molecule has 20 heavy (non-hydrogen) atoms. The van der Waals surface area contributed by atoms with Crippen molar-refractivity contribution >= 4 is 35.0 Å². The second kappa shape index (κ2) is 6.05. The van der Waals surface area contributed by atoms with E-state index in [0.717, 1.165) is 25.3 Å². The summed E-state index contributed by atoms with van der Waals surface area (Å²) >= 11 is 3.70. The van der Waals surface area contributed by atoms with Crippen molar-refractivity contribution in [2.75, 3.05) is 25.4 Å². The predicted molar refractivity (Wildman–Crippen MR) is 81.0 cm³/mol. The van der Waals surface area contributed by atoms with E-state index in [0.29, 0.717) is 11.8 Å². The molecule has 0 spiro atoms. The molecule has 2 N–H and O–H groups in total. The summed E-state index contributed by atoms with van der Waals surface area (Å²) < 4.78 is 0. The van der Waals surface area contributed by atoms with Crippen LogP contribution < -0.4 is 10.6 Å². The van der Waals surface area contributed by atoms with E-state index in [4.69, 9.17) is 0 Å². The number of rotatable bonds is 2. The van der Waals surface area contributed by atoms with Crippen LogP contribution in [-0.4, -0.2) is 48.3 Å². The molecule has 0 radical (unpaired) electrons. The Kier molecular flexibility index (Phi) is 4.16. The molecule has 3 amide bonds. The number of amides is 3. The lowest BCUT2D eigenvalue weighted by Crippen LogP contribution is -2.46. The van der Waals surface area contributed by atoms with Gasteiger partial charge >= 0.3 is 6.03 Å². The first-order valence-corrected chi connectivity index (χ1v) is 8.65. The number of carbonyl (C=O) groups is 2. The molecule has 0 aromatic carbocycles. The summed E-state index contributed by atoms with van der Waals surface area (Å²) in [6.45, 7) is 1.92. The van der Waals surface area contributed by atoms with Gasteiger partial charge in [0.2, 0.25) is 5.91 Å². The summed E-state index contributed by atoms with van der Waals surface area (Å²) in [5, 5.41) is 7.89. The Labute approximate surface area is 126 Å². The van der Waals surface area contributed by atoms with E-state index in [9.17, 15) is 9.59 Å². The maximum atomic E-state index is 12.4. The van der Waals surface area contributed by atoms with Gasteiger partial charge in [0.05, 0.1) is 0 Å². The van der Waals surface area contributed by atoms with Crippen molar-refractivity contribution in [2.45, 2.75) is 17.7 Å². The van der Waals surface area contributed by atoms with Gasteiger partial charge in [0.1, 0.15) is 6.04 Å². The van der Waals surface area contributed by atoms with E-state index in [-0.39, 0.29) is 11.9 Å². The van der Waals surface area contributed by atoms with Crippen LogP contribution in [0, 0.1) is 0 Å². The number of urea groups is 1. The van der Waals surface area contributed by atoms with Gasteiger partial charge < -0.3 is 15.5 Å².